The summed E-state index contributed by atoms with van der Waals surface area (Å²) in [4.78, 5) is 25.1. The Kier molecular flexibility index (Phi) is 3.11. The molecule has 0 bridgehead atoms. The summed E-state index contributed by atoms with van der Waals surface area (Å²) in [7, 11) is 2.98. The van der Waals surface area contributed by atoms with Gasteiger partial charge in [0.05, 0.1) is 25.3 Å². The summed E-state index contributed by atoms with van der Waals surface area (Å²) >= 11 is 1.16. The predicted octanol–water partition coefficient (Wildman–Crippen LogP) is 3.83. The standard InChI is InChI=1S/C18H12O5S/c1-22-9-5-3-4-8-12(9)16(19)14-10(23-2)6-7-11-15(14)13(8)17(24-11)18(20)21/h3-7H,1-2H3,(H,20,21). The Labute approximate surface area is 141 Å². The van der Waals surface area contributed by atoms with E-state index in [1.807, 2.05) is 0 Å². The predicted molar refractivity (Wildman–Crippen MR) is 90.8 cm³/mol. The number of ether oxygens (including phenoxy) is 2. The van der Waals surface area contributed by atoms with Gasteiger partial charge < -0.3 is 14.6 Å². The molecule has 0 spiro atoms. The van der Waals surface area contributed by atoms with E-state index in [-0.39, 0.29) is 10.7 Å². The molecule has 1 aliphatic carbocycles. The van der Waals surface area contributed by atoms with Crippen LogP contribution >= 0.6 is 11.3 Å². The minimum atomic E-state index is -1.01. The van der Waals surface area contributed by atoms with Gasteiger partial charge in [0.2, 0.25) is 5.78 Å². The van der Waals surface area contributed by atoms with Crippen molar-refractivity contribution < 1.29 is 24.2 Å². The number of hydrogen-bond donors (Lipinski definition) is 1. The highest BCUT2D eigenvalue weighted by Gasteiger charge is 2.35. The van der Waals surface area contributed by atoms with Crippen molar-refractivity contribution in [2.45, 2.75) is 0 Å². The molecule has 2 aromatic carbocycles. The molecule has 1 N–H and O–H groups in total. The number of fused-ring (bicyclic) bond motifs is 2. The van der Waals surface area contributed by atoms with Gasteiger partial charge in [-0.25, -0.2) is 4.79 Å². The summed E-state index contributed by atoms with van der Waals surface area (Å²) in [5, 5.41) is 10.3. The summed E-state index contributed by atoms with van der Waals surface area (Å²) in [6.07, 6.45) is 0. The zero-order valence-electron chi connectivity index (χ0n) is 12.9. The van der Waals surface area contributed by atoms with Crippen molar-refractivity contribution in [2.24, 2.45) is 0 Å². The van der Waals surface area contributed by atoms with Gasteiger partial charge in [0.1, 0.15) is 16.4 Å². The second-order valence-corrected chi connectivity index (χ2v) is 6.39. The van der Waals surface area contributed by atoms with E-state index in [0.717, 1.165) is 16.0 Å². The first-order valence-corrected chi connectivity index (χ1v) is 7.99. The number of aromatic carboxylic acids is 1. The van der Waals surface area contributed by atoms with Gasteiger partial charge in [0, 0.05) is 15.6 Å². The highest BCUT2D eigenvalue weighted by Crippen LogP contribution is 2.50. The molecule has 6 heteroatoms. The molecule has 120 valence electrons. The van der Waals surface area contributed by atoms with Crippen LogP contribution < -0.4 is 9.47 Å². The van der Waals surface area contributed by atoms with Crippen LogP contribution in [-0.2, 0) is 0 Å². The number of carbonyl (C=O) groups is 2. The molecule has 4 rings (SSSR count). The molecule has 1 aliphatic rings. The van der Waals surface area contributed by atoms with Crippen molar-refractivity contribution in [3.63, 3.8) is 0 Å². The van der Waals surface area contributed by atoms with Crippen LogP contribution in [0, 0.1) is 0 Å². The Bertz CT molecular complexity index is 1030. The number of benzene rings is 2. The quantitative estimate of drug-likeness (QED) is 0.614. The Morgan fingerprint density at radius 1 is 1.00 bits per heavy atom. The molecule has 0 fully saturated rings. The number of ketones is 1. The lowest BCUT2D eigenvalue weighted by molar-refractivity contribution is 0.0702. The Balaban J connectivity index is 2.25. The van der Waals surface area contributed by atoms with E-state index in [0.29, 0.717) is 39.1 Å². The Morgan fingerprint density at radius 2 is 1.71 bits per heavy atom. The second-order valence-electron chi connectivity index (χ2n) is 5.34. The minimum absolute atomic E-state index is 0.210. The molecule has 0 radical (unpaired) electrons. The van der Waals surface area contributed by atoms with Crippen molar-refractivity contribution in [2.75, 3.05) is 14.2 Å². The van der Waals surface area contributed by atoms with Gasteiger partial charge in [-0.3, -0.25) is 4.79 Å². The molecular weight excluding hydrogens is 328 g/mol. The first-order valence-electron chi connectivity index (χ1n) is 7.17. The molecule has 0 unspecified atom stereocenters. The molecule has 0 saturated heterocycles. The third-order valence-corrected chi connectivity index (χ3v) is 5.34. The number of carboxylic acid groups (broad SMARTS) is 1. The van der Waals surface area contributed by atoms with Crippen molar-refractivity contribution in [3.05, 3.63) is 46.3 Å². The zero-order chi connectivity index (χ0) is 17.0. The fourth-order valence-corrected chi connectivity index (χ4v) is 4.31. The zero-order valence-corrected chi connectivity index (χ0v) is 13.7. The van der Waals surface area contributed by atoms with Crippen LogP contribution in [0.2, 0.25) is 0 Å². The van der Waals surface area contributed by atoms with E-state index in [2.05, 4.69) is 0 Å². The maximum atomic E-state index is 13.1. The molecule has 24 heavy (non-hydrogen) atoms. The fraction of sp³-hybridized carbons (Fsp3) is 0.111. The number of carboxylic acids is 1. The minimum Gasteiger partial charge on any atom is -0.496 e. The smallest absolute Gasteiger partial charge is 0.346 e. The van der Waals surface area contributed by atoms with E-state index < -0.39 is 5.97 Å². The average molecular weight is 340 g/mol. The number of hydrogen-bond acceptors (Lipinski definition) is 5. The van der Waals surface area contributed by atoms with Crippen LogP contribution in [0.15, 0.2) is 30.3 Å². The third-order valence-electron chi connectivity index (χ3n) is 4.20. The third kappa shape index (κ3) is 1.74. The van der Waals surface area contributed by atoms with Gasteiger partial charge in [-0.2, -0.15) is 0 Å². The second kappa shape index (κ2) is 5.07. The monoisotopic (exact) mass is 340 g/mol. The summed E-state index contributed by atoms with van der Waals surface area (Å²) in [5.41, 5.74) is 1.92. The first-order chi connectivity index (χ1) is 11.6. The van der Waals surface area contributed by atoms with E-state index in [1.54, 1.807) is 30.3 Å². The largest absolute Gasteiger partial charge is 0.496 e. The van der Waals surface area contributed by atoms with Crippen molar-refractivity contribution in [1.82, 2.24) is 0 Å². The van der Waals surface area contributed by atoms with Crippen LogP contribution in [0.4, 0.5) is 0 Å². The van der Waals surface area contributed by atoms with Crippen LogP contribution in [0.5, 0.6) is 11.5 Å². The lowest BCUT2D eigenvalue weighted by atomic mass is 9.83. The molecule has 0 aliphatic heterocycles. The SMILES string of the molecule is COc1cccc2c1C(=O)c1c(OC)ccc3sc(C(=O)O)c-2c13. The summed E-state index contributed by atoms with van der Waals surface area (Å²) in [6, 6.07) is 8.69. The van der Waals surface area contributed by atoms with Gasteiger partial charge in [0.15, 0.2) is 0 Å². The van der Waals surface area contributed by atoms with Gasteiger partial charge in [-0.1, -0.05) is 12.1 Å². The Morgan fingerprint density at radius 3 is 2.38 bits per heavy atom. The fourth-order valence-electron chi connectivity index (χ4n) is 3.24. The molecule has 1 aromatic heterocycles. The number of carbonyl (C=O) groups excluding carboxylic acids is 1. The summed E-state index contributed by atoms with van der Waals surface area (Å²) in [6.45, 7) is 0. The Hall–Kier alpha value is -2.86. The number of methoxy groups -OCH3 is 2. The van der Waals surface area contributed by atoms with Crippen molar-refractivity contribution in [1.29, 1.82) is 0 Å². The molecule has 5 nitrogen and oxygen atoms in total. The average Bonchev–Trinajstić information content (AvgIpc) is 2.99. The number of rotatable bonds is 3. The molecule has 0 amide bonds. The topological polar surface area (TPSA) is 72.8 Å². The lowest BCUT2D eigenvalue weighted by Gasteiger charge is -2.20. The maximum Gasteiger partial charge on any atom is 0.346 e. The highest BCUT2D eigenvalue weighted by atomic mass is 32.1. The molecule has 0 saturated carbocycles. The molecule has 3 aromatic rings. The first kappa shape index (κ1) is 14.7. The summed E-state index contributed by atoms with van der Waals surface area (Å²) in [5.74, 6) is -0.379. The van der Waals surface area contributed by atoms with Gasteiger partial charge in [0.25, 0.3) is 0 Å². The van der Waals surface area contributed by atoms with Crippen LogP contribution in [0.3, 0.4) is 0 Å². The van der Waals surface area contributed by atoms with Gasteiger partial charge in [-0.15, -0.1) is 11.3 Å². The summed E-state index contributed by atoms with van der Waals surface area (Å²) < 4.78 is 11.4. The lowest BCUT2D eigenvalue weighted by Crippen LogP contribution is -2.13. The van der Waals surface area contributed by atoms with Crippen LogP contribution in [-0.4, -0.2) is 31.1 Å². The normalized spacial score (nSPS) is 12.2. The molecule has 1 heterocycles. The van der Waals surface area contributed by atoms with Crippen molar-refractivity contribution in [3.8, 4) is 22.6 Å². The van der Waals surface area contributed by atoms with E-state index in [4.69, 9.17) is 9.47 Å². The number of thiophene rings is 1. The van der Waals surface area contributed by atoms with E-state index >= 15 is 0 Å². The van der Waals surface area contributed by atoms with E-state index in [9.17, 15) is 14.7 Å². The van der Waals surface area contributed by atoms with Crippen LogP contribution in [0.1, 0.15) is 25.6 Å². The highest BCUT2D eigenvalue weighted by molar-refractivity contribution is 7.21. The van der Waals surface area contributed by atoms with Crippen molar-refractivity contribution >= 4 is 33.2 Å². The molecule has 0 atom stereocenters. The van der Waals surface area contributed by atoms with Gasteiger partial charge in [-0.05, 0) is 23.8 Å². The van der Waals surface area contributed by atoms with Gasteiger partial charge >= 0.3 is 5.97 Å². The van der Waals surface area contributed by atoms with E-state index in [1.165, 1.54) is 14.2 Å². The maximum absolute atomic E-state index is 13.1. The molecular formula is C18H12O5S. The van der Waals surface area contributed by atoms with Crippen LogP contribution in [0.25, 0.3) is 21.2 Å².